The first-order valence-corrected chi connectivity index (χ1v) is 7.14. The van der Waals surface area contributed by atoms with Gasteiger partial charge in [0.1, 0.15) is 11.0 Å². The molecule has 0 heterocycles. The molecule has 0 aliphatic carbocycles. The number of allylic oxidation sites excluding steroid dienone is 1. The number of anilines is 1. The van der Waals surface area contributed by atoms with Gasteiger partial charge in [-0.2, -0.15) is 5.26 Å². The minimum atomic E-state index is -3.95. The van der Waals surface area contributed by atoms with E-state index < -0.39 is 14.7 Å². The lowest BCUT2D eigenvalue weighted by Gasteiger charge is -2.10. The fraction of sp³-hybridized carbons (Fsp3) is 0.231. The van der Waals surface area contributed by atoms with Gasteiger partial charge >= 0.3 is 0 Å². The molecule has 5 nitrogen and oxygen atoms in total. The minimum Gasteiger partial charge on any atom is -0.325 e. The highest BCUT2D eigenvalue weighted by Gasteiger charge is 2.22. The summed E-state index contributed by atoms with van der Waals surface area (Å²) >= 11 is 0. The highest BCUT2D eigenvalue weighted by Crippen LogP contribution is 2.25. The molecule has 6 heteroatoms. The van der Waals surface area contributed by atoms with Crippen molar-refractivity contribution in [2.24, 2.45) is 0 Å². The number of benzene rings is 1. The monoisotopic (exact) mass is 278 g/mol. The van der Waals surface area contributed by atoms with Gasteiger partial charge in [0.25, 0.3) is 0 Å². The Morgan fingerprint density at radius 2 is 2.05 bits per heavy atom. The Bertz CT molecular complexity index is 642. The number of amides is 1. The fourth-order valence-corrected chi connectivity index (χ4v) is 2.49. The van der Waals surface area contributed by atoms with E-state index in [2.05, 4.69) is 11.9 Å². The summed E-state index contributed by atoms with van der Waals surface area (Å²) < 4.78 is 24.1. The van der Waals surface area contributed by atoms with E-state index in [-0.39, 0.29) is 16.5 Å². The summed E-state index contributed by atoms with van der Waals surface area (Å²) in [7, 11) is -3.95. The van der Waals surface area contributed by atoms with Crippen LogP contribution >= 0.6 is 0 Å². The normalized spacial score (nSPS) is 10.5. The Balaban J connectivity index is 3.21. The van der Waals surface area contributed by atoms with Crippen molar-refractivity contribution in [1.29, 1.82) is 5.26 Å². The van der Waals surface area contributed by atoms with Crippen molar-refractivity contribution in [3.63, 3.8) is 0 Å². The second-order valence-corrected chi connectivity index (χ2v) is 5.77. The molecule has 1 aromatic carbocycles. The first-order valence-electron chi connectivity index (χ1n) is 5.66. The first kappa shape index (κ1) is 14.9. The van der Waals surface area contributed by atoms with Gasteiger partial charge in [-0.05, 0) is 18.6 Å². The summed E-state index contributed by atoms with van der Waals surface area (Å²) in [6.45, 7) is 5.06. The minimum absolute atomic E-state index is 0.119. The highest BCUT2D eigenvalue weighted by molar-refractivity contribution is 7.95. The van der Waals surface area contributed by atoms with E-state index in [9.17, 15) is 13.2 Å². The van der Waals surface area contributed by atoms with Gasteiger partial charge in [-0.25, -0.2) is 8.42 Å². The zero-order valence-electron chi connectivity index (χ0n) is 10.5. The third-order valence-electron chi connectivity index (χ3n) is 2.38. The van der Waals surface area contributed by atoms with Gasteiger partial charge in [0, 0.05) is 6.42 Å². The molecular weight excluding hydrogens is 264 g/mol. The molecule has 0 bridgehead atoms. The van der Waals surface area contributed by atoms with Gasteiger partial charge in [0.15, 0.2) is 0 Å². The van der Waals surface area contributed by atoms with Crippen LogP contribution in [0.3, 0.4) is 0 Å². The van der Waals surface area contributed by atoms with Gasteiger partial charge in [0.05, 0.1) is 10.6 Å². The van der Waals surface area contributed by atoms with E-state index in [0.29, 0.717) is 12.8 Å². The quantitative estimate of drug-likeness (QED) is 0.837. The molecule has 19 heavy (non-hydrogen) atoms. The second-order valence-electron chi connectivity index (χ2n) is 3.83. The summed E-state index contributed by atoms with van der Waals surface area (Å²) in [5.74, 6) is -0.271. The van der Waals surface area contributed by atoms with Gasteiger partial charge in [-0.3, -0.25) is 4.79 Å². The summed E-state index contributed by atoms with van der Waals surface area (Å²) in [5.41, 5.74) is 0.164. The lowest BCUT2D eigenvalue weighted by Crippen LogP contribution is -2.14. The fourth-order valence-electron chi connectivity index (χ4n) is 1.44. The average Bonchev–Trinajstić information content (AvgIpc) is 2.38. The average molecular weight is 278 g/mol. The molecular formula is C13H14N2O3S. The number of carbonyl (C=O) groups is 1. The summed E-state index contributed by atoms with van der Waals surface area (Å²) in [6, 6.07) is 7.45. The van der Waals surface area contributed by atoms with Crippen LogP contribution in [0.1, 0.15) is 19.8 Å². The van der Waals surface area contributed by atoms with E-state index in [1.54, 1.807) is 6.07 Å². The topological polar surface area (TPSA) is 87.0 Å². The molecule has 0 unspecified atom stereocenters. The Labute approximate surface area is 112 Å². The number of para-hydroxylation sites is 1. The SMILES string of the molecule is C=C(C#N)S(=O)(=O)c1ccccc1NC(=O)CCC. The molecule has 0 saturated heterocycles. The molecule has 0 saturated carbocycles. The number of hydrogen-bond donors (Lipinski definition) is 1. The van der Waals surface area contributed by atoms with Crippen LogP contribution in [-0.4, -0.2) is 14.3 Å². The third kappa shape index (κ3) is 3.42. The predicted octanol–water partition coefficient (Wildman–Crippen LogP) is 2.24. The van der Waals surface area contributed by atoms with Crippen molar-refractivity contribution in [2.45, 2.75) is 24.7 Å². The van der Waals surface area contributed by atoms with Crippen LogP contribution in [0.25, 0.3) is 0 Å². The third-order valence-corrected chi connectivity index (χ3v) is 4.05. The number of rotatable bonds is 5. The van der Waals surface area contributed by atoms with E-state index in [1.165, 1.54) is 24.3 Å². The zero-order valence-corrected chi connectivity index (χ0v) is 11.3. The zero-order chi connectivity index (χ0) is 14.5. The smallest absolute Gasteiger partial charge is 0.224 e. The number of nitriles is 1. The molecule has 0 aromatic heterocycles. The van der Waals surface area contributed by atoms with Crippen LogP contribution in [0.4, 0.5) is 5.69 Å². The Morgan fingerprint density at radius 3 is 2.63 bits per heavy atom. The lowest BCUT2D eigenvalue weighted by molar-refractivity contribution is -0.116. The first-order chi connectivity index (χ1) is 8.93. The molecule has 0 atom stereocenters. The number of sulfone groups is 1. The molecule has 1 aromatic rings. The molecule has 1 N–H and O–H groups in total. The van der Waals surface area contributed by atoms with Gasteiger partial charge < -0.3 is 5.32 Å². The summed E-state index contributed by atoms with van der Waals surface area (Å²) in [6.07, 6.45) is 0.958. The number of nitrogens with one attached hydrogen (secondary N) is 1. The van der Waals surface area contributed by atoms with Crippen molar-refractivity contribution in [3.05, 3.63) is 35.7 Å². The van der Waals surface area contributed by atoms with Crippen molar-refractivity contribution in [3.8, 4) is 6.07 Å². The number of nitrogens with zero attached hydrogens (tertiary/aromatic N) is 1. The van der Waals surface area contributed by atoms with Crippen LogP contribution in [0.2, 0.25) is 0 Å². The van der Waals surface area contributed by atoms with E-state index in [4.69, 9.17) is 5.26 Å². The molecule has 0 aliphatic heterocycles. The van der Waals surface area contributed by atoms with E-state index >= 15 is 0 Å². The van der Waals surface area contributed by atoms with E-state index in [0.717, 1.165) is 0 Å². The van der Waals surface area contributed by atoms with Crippen molar-refractivity contribution >= 4 is 21.4 Å². The molecule has 0 aliphatic rings. The Morgan fingerprint density at radius 1 is 1.42 bits per heavy atom. The second kappa shape index (κ2) is 6.16. The molecule has 1 rings (SSSR count). The van der Waals surface area contributed by atoms with Crippen LogP contribution in [-0.2, 0) is 14.6 Å². The molecule has 0 radical (unpaired) electrons. The highest BCUT2D eigenvalue weighted by atomic mass is 32.2. The summed E-state index contributed by atoms with van der Waals surface area (Å²) in [5, 5.41) is 11.2. The van der Waals surface area contributed by atoms with Gasteiger partial charge in [0.2, 0.25) is 15.7 Å². The number of hydrogen-bond acceptors (Lipinski definition) is 4. The van der Waals surface area contributed by atoms with Crippen LogP contribution in [0, 0.1) is 11.3 Å². The Kier molecular flexibility index (Phi) is 4.84. The maximum absolute atomic E-state index is 12.1. The maximum atomic E-state index is 12.1. The molecule has 100 valence electrons. The van der Waals surface area contributed by atoms with Crippen molar-refractivity contribution < 1.29 is 13.2 Å². The summed E-state index contributed by atoms with van der Waals surface area (Å²) in [4.78, 5) is 10.9. The standard InChI is InChI=1S/C13H14N2O3S/c1-3-6-13(16)15-11-7-4-5-8-12(11)19(17,18)10(2)9-14/h4-5,7-8H,2-3,6H2,1H3,(H,15,16). The van der Waals surface area contributed by atoms with Gasteiger partial charge in [-0.15, -0.1) is 0 Å². The largest absolute Gasteiger partial charge is 0.325 e. The Hall–Kier alpha value is -2.13. The van der Waals surface area contributed by atoms with E-state index in [1.807, 2.05) is 6.92 Å². The lowest BCUT2D eigenvalue weighted by atomic mass is 10.3. The molecule has 0 spiro atoms. The van der Waals surface area contributed by atoms with Crippen LogP contribution in [0.15, 0.2) is 40.6 Å². The molecule has 1 amide bonds. The molecule has 0 fully saturated rings. The maximum Gasteiger partial charge on any atom is 0.224 e. The predicted molar refractivity (Wildman–Crippen MR) is 71.9 cm³/mol. The van der Waals surface area contributed by atoms with Crippen LogP contribution in [0.5, 0.6) is 0 Å². The van der Waals surface area contributed by atoms with Gasteiger partial charge in [-0.1, -0.05) is 25.6 Å². The van der Waals surface area contributed by atoms with Crippen molar-refractivity contribution in [2.75, 3.05) is 5.32 Å². The van der Waals surface area contributed by atoms with Crippen LogP contribution < -0.4 is 5.32 Å². The number of carbonyl (C=O) groups excluding carboxylic acids is 1. The van der Waals surface area contributed by atoms with Crippen molar-refractivity contribution in [1.82, 2.24) is 0 Å².